The molecule has 0 radical (unpaired) electrons. The van der Waals surface area contributed by atoms with Gasteiger partial charge in [0, 0.05) is 5.69 Å². The molecule has 0 aliphatic heterocycles. The molecule has 0 fully saturated rings. The van der Waals surface area contributed by atoms with E-state index in [1.807, 2.05) is 0 Å². The summed E-state index contributed by atoms with van der Waals surface area (Å²) in [5.74, 6) is 1.09. The van der Waals surface area contributed by atoms with Gasteiger partial charge in [-0.25, -0.2) is 4.98 Å². The summed E-state index contributed by atoms with van der Waals surface area (Å²) in [4.78, 5) is 17.0. The standard InChI is InChI=1S/C21H18N4O3/c1-27-17-4-3-5-18(28-2)20(17)21(26)25-16-10-11-19(23-13-16)24-15-8-6-14(12-22)7-9-15/h3-11,13H,1-2H3,(H,23,24)(H,25,26). The number of amides is 1. The first-order chi connectivity index (χ1) is 13.6. The average Bonchev–Trinajstić information content (AvgIpc) is 2.75. The van der Waals surface area contributed by atoms with Crippen LogP contribution in [0.15, 0.2) is 60.8 Å². The van der Waals surface area contributed by atoms with Crippen LogP contribution < -0.4 is 20.1 Å². The van der Waals surface area contributed by atoms with E-state index in [1.165, 1.54) is 14.2 Å². The molecule has 0 aliphatic carbocycles. The van der Waals surface area contributed by atoms with E-state index in [9.17, 15) is 4.79 Å². The summed E-state index contributed by atoms with van der Waals surface area (Å²) in [6.45, 7) is 0. The van der Waals surface area contributed by atoms with E-state index in [0.29, 0.717) is 34.1 Å². The monoisotopic (exact) mass is 374 g/mol. The Hall–Kier alpha value is -4.05. The van der Waals surface area contributed by atoms with Crippen LogP contribution >= 0.6 is 0 Å². The van der Waals surface area contributed by atoms with Gasteiger partial charge in [0.25, 0.3) is 5.91 Å². The third kappa shape index (κ3) is 4.19. The van der Waals surface area contributed by atoms with E-state index >= 15 is 0 Å². The number of carbonyl (C=O) groups excluding carboxylic acids is 1. The highest BCUT2D eigenvalue weighted by Crippen LogP contribution is 2.29. The molecule has 0 bridgehead atoms. The number of anilines is 3. The molecule has 28 heavy (non-hydrogen) atoms. The van der Waals surface area contributed by atoms with Crippen LogP contribution in [-0.4, -0.2) is 25.1 Å². The third-order valence-electron chi connectivity index (χ3n) is 3.96. The minimum atomic E-state index is -0.357. The summed E-state index contributed by atoms with van der Waals surface area (Å²) in [6, 6.07) is 17.7. The molecule has 3 aromatic rings. The van der Waals surface area contributed by atoms with Gasteiger partial charge in [-0.3, -0.25) is 4.79 Å². The first-order valence-electron chi connectivity index (χ1n) is 8.40. The molecule has 7 heteroatoms. The lowest BCUT2D eigenvalue weighted by Crippen LogP contribution is -2.14. The van der Waals surface area contributed by atoms with E-state index in [4.69, 9.17) is 14.7 Å². The first-order valence-corrected chi connectivity index (χ1v) is 8.40. The number of nitriles is 1. The van der Waals surface area contributed by atoms with Crippen molar-refractivity contribution in [3.8, 4) is 17.6 Å². The van der Waals surface area contributed by atoms with Crippen LogP contribution in [0.4, 0.5) is 17.2 Å². The molecule has 1 aromatic heterocycles. The summed E-state index contributed by atoms with van der Waals surface area (Å²) < 4.78 is 10.5. The van der Waals surface area contributed by atoms with E-state index < -0.39 is 0 Å². The normalized spacial score (nSPS) is 9.89. The van der Waals surface area contributed by atoms with Crippen molar-refractivity contribution >= 4 is 23.1 Å². The average molecular weight is 374 g/mol. The zero-order valence-corrected chi connectivity index (χ0v) is 15.4. The maximum atomic E-state index is 12.7. The van der Waals surface area contributed by atoms with Crippen LogP contribution in [0, 0.1) is 11.3 Å². The van der Waals surface area contributed by atoms with Crippen molar-refractivity contribution in [1.82, 2.24) is 4.98 Å². The molecule has 1 heterocycles. The molecule has 140 valence electrons. The molecule has 0 saturated carbocycles. The lowest BCUT2D eigenvalue weighted by atomic mass is 10.1. The van der Waals surface area contributed by atoms with E-state index in [0.717, 1.165) is 5.69 Å². The van der Waals surface area contributed by atoms with Crippen LogP contribution in [0.25, 0.3) is 0 Å². The van der Waals surface area contributed by atoms with Gasteiger partial charge in [-0.05, 0) is 48.5 Å². The summed E-state index contributed by atoms with van der Waals surface area (Å²) in [5.41, 5.74) is 2.24. The molecular weight excluding hydrogens is 356 g/mol. The Labute approximate surface area is 162 Å². The minimum Gasteiger partial charge on any atom is -0.496 e. The smallest absolute Gasteiger partial charge is 0.263 e. The molecule has 1 amide bonds. The van der Waals surface area contributed by atoms with Gasteiger partial charge in [0.05, 0.1) is 37.7 Å². The summed E-state index contributed by atoms with van der Waals surface area (Å²) >= 11 is 0. The van der Waals surface area contributed by atoms with Gasteiger partial charge in [-0.2, -0.15) is 5.26 Å². The fraction of sp³-hybridized carbons (Fsp3) is 0.0952. The Bertz CT molecular complexity index is 987. The first kappa shape index (κ1) is 18.7. The summed E-state index contributed by atoms with van der Waals surface area (Å²) in [7, 11) is 2.99. The molecule has 2 aromatic carbocycles. The minimum absolute atomic E-state index is 0.312. The number of ether oxygens (including phenoxy) is 2. The Morgan fingerprint density at radius 3 is 2.14 bits per heavy atom. The maximum absolute atomic E-state index is 12.7. The van der Waals surface area contributed by atoms with E-state index in [1.54, 1.807) is 60.8 Å². The number of nitrogens with zero attached hydrogens (tertiary/aromatic N) is 2. The zero-order chi connectivity index (χ0) is 19.9. The van der Waals surface area contributed by atoms with Gasteiger partial charge in [0.2, 0.25) is 0 Å². The van der Waals surface area contributed by atoms with Crippen LogP contribution in [-0.2, 0) is 0 Å². The van der Waals surface area contributed by atoms with Gasteiger partial charge in [0.15, 0.2) is 0 Å². The molecule has 0 unspecified atom stereocenters. The van der Waals surface area contributed by atoms with Gasteiger partial charge >= 0.3 is 0 Å². The van der Waals surface area contributed by atoms with Crippen molar-refractivity contribution in [3.05, 3.63) is 71.9 Å². The van der Waals surface area contributed by atoms with Gasteiger partial charge in [0.1, 0.15) is 22.9 Å². The number of hydrogen-bond donors (Lipinski definition) is 2. The Morgan fingerprint density at radius 1 is 0.964 bits per heavy atom. The predicted molar refractivity (Wildman–Crippen MR) is 106 cm³/mol. The molecule has 3 rings (SSSR count). The van der Waals surface area contributed by atoms with Crippen molar-refractivity contribution in [2.75, 3.05) is 24.9 Å². The van der Waals surface area contributed by atoms with Crippen molar-refractivity contribution < 1.29 is 14.3 Å². The Kier molecular flexibility index (Phi) is 5.72. The molecule has 0 spiro atoms. The third-order valence-corrected chi connectivity index (χ3v) is 3.96. The number of benzene rings is 2. The summed E-state index contributed by atoms with van der Waals surface area (Å²) in [5, 5.41) is 14.8. The highest BCUT2D eigenvalue weighted by Gasteiger charge is 2.18. The van der Waals surface area contributed by atoms with Crippen molar-refractivity contribution in [2.24, 2.45) is 0 Å². The maximum Gasteiger partial charge on any atom is 0.263 e. The number of pyridine rings is 1. The Morgan fingerprint density at radius 2 is 1.61 bits per heavy atom. The molecule has 2 N–H and O–H groups in total. The van der Waals surface area contributed by atoms with Gasteiger partial charge in [-0.1, -0.05) is 6.07 Å². The highest BCUT2D eigenvalue weighted by molar-refractivity contribution is 6.08. The number of nitrogens with one attached hydrogen (secondary N) is 2. The SMILES string of the molecule is COc1cccc(OC)c1C(=O)Nc1ccc(Nc2ccc(C#N)cc2)nc1. The molecule has 7 nitrogen and oxygen atoms in total. The summed E-state index contributed by atoms with van der Waals surface area (Å²) in [6.07, 6.45) is 1.55. The van der Waals surface area contributed by atoms with Crippen LogP contribution in [0.3, 0.4) is 0 Å². The quantitative estimate of drug-likeness (QED) is 0.678. The predicted octanol–water partition coefficient (Wildman–Crippen LogP) is 3.97. The van der Waals surface area contributed by atoms with Crippen LogP contribution in [0.1, 0.15) is 15.9 Å². The van der Waals surface area contributed by atoms with Crippen LogP contribution in [0.2, 0.25) is 0 Å². The fourth-order valence-electron chi connectivity index (χ4n) is 2.59. The second kappa shape index (κ2) is 8.56. The lowest BCUT2D eigenvalue weighted by molar-refractivity contribution is 0.102. The molecule has 0 atom stereocenters. The van der Waals surface area contributed by atoms with Gasteiger partial charge < -0.3 is 20.1 Å². The lowest BCUT2D eigenvalue weighted by Gasteiger charge is -2.13. The number of hydrogen-bond acceptors (Lipinski definition) is 6. The van der Waals surface area contributed by atoms with Crippen molar-refractivity contribution in [1.29, 1.82) is 5.26 Å². The fourth-order valence-corrected chi connectivity index (χ4v) is 2.59. The molecule has 0 aliphatic rings. The molecular formula is C21H18N4O3. The molecule has 0 saturated heterocycles. The topological polar surface area (TPSA) is 96.3 Å². The van der Waals surface area contributed by atoms with Crippen molar-refractivity contribution in [3.63, 3.8) is 0 Å². The highest BCUT2D eigenvalue weighted by atomic mass is 16.5. The second-order valence-electron chi connectivity index (χ2n) is 5.74. The number of aromatic nitrogens is 1. The number of methoxy groups -OCH3 is 2. The second-order valence-corrected chi connectivity index (χ2v) is 5.74. The van der Waals surface area contributed by atoms with E-state index in [-0.39, 0.29) is 5.91 Å². The zero-order valence-electron chi connectivity index (χ0n) is 15.4. The number of rotatable bonds is 6. The number of carbonyl (C=O) groups is 1. The van der Waals surface area contributed by atoms with Crippen LogP contribution in [0.5, 0.6) is 11.5 Å². The van der Waals surface area contributed by atoms with E-state index in [2.05, 4.69) is 21.7 Å². The largest absolute Gasteiger partial charge is 0.496 e. The Balaban J connectivity index is 1.72. The van der Waals surface area contributed by atoms with Gasteiger partial charge in [-0.15, -0.1) is 0 Å². The van der Waals surface area contributed by atoms with Crippen molar-refractivity contribution in [2.45, 2.75) is 0 Å².